The topological polar surface area (TPSA) is 143 Å². The van der Waals surface area contributed by atoms with Crippen molar-refractivity contribution in [1.82, 2.24) is 24.5 Å². The molecule has 2 aromatic heterocycles. The normalized spacial score (nSPS) is 15.8. The number of hydrogen-bond donors (Lipinski definition) is 1. The van der Waals surface area contributed by atoms with Crippen molar-refractivity contribution in [3.05, 3.63) is 65.9 Å². The molecule has 1 amide bonds. The van der Waals surface area contributed by atoms with Gasteiger partial charge in [0.15, 0.2) is 5.69 Å². The number of sulfonamides is 1. The summed E-state index contributed by atoms with van der Waals surface area (Å²) < 4.78 is 80.1. The van der Waals surface area contributed by atoms with Crippen LogP contribution in [0.5, 0.6) is 0 Å². The van der Waals surface area contributed by atoms with Crippen LogP contribution in [0.4, 0.5) is 13.2 Å². The summed E-state index contributed by atoms with van der Waals surface area (Å²) in [6, 6.07) is 11.8. The van der Waals surface area contributed by atoms with Gasteiger partial charge in [0.25, 0.3) is 22.7 Å². The van der Waals surface area contributed by atoms with Gasteiger partial charge in [-0.05, 0) is 70.9 Å². The average molecular weight is 653 g/mol. The summed E-state index contributed by atoms with van der Waals surface area (Å²) in [6.45, 7) is 6.80. The van der Waals surface area contributed by atoms with Crippen molar-refractivity contribution in [2.75, 3.05) is 18.3 Å². The highest BCUT2D eigenvalue weighted by Gasteiger charge is 2.39. The molecule has 4 aromatic rings. The second-order valence-corrected chi connectivity index (χ2v) is 13.2. The molecule has 0 saturated carbocycles. The van der Waals surface area contributed by atoms with E-state index in [9.17, 15) is 31.2 Å². The van der Waals surface area contributed by atoms with Crippen LogP contribution in [0.25, 0.3) is 16.9 Å². The van der Waals surface area contributed by atoms with Crippen LogP contribution < -0.4 is 14.6 Å². The van der Waals surface area contributed by atoms with Gasteiger partial charge in [-0.15, -0.1) is 0 Å². The van der Waals surface area contributed by atoms with E-state index in [4.69, 9.17) is 14.2 Å². The van der Waals surface area contributed by atoms with Crippen LogP contribution in [0.1, 0.15) is 44.9 Å². The first-order chi connectivity index (χ1) is 21.0. The summed E-state index contributed by atoms with van der Waals surface area (Å²) in [5, 5.41) is 6.06. The van der Waals surface area contributed by atoms with Crippen molar-refractivity contribution in [1.29, 1.82) is 0 Å². The number of ether oxygens (including phenoxy) is 1. The Morgan fingerprint density at radius 2 is 1.73 bits per heavy atom. The molecule has 2 aromatic carbocycles. The lowest BCUT2D eigenvalue weighted by molar-refractivity contribution is -0.168. The maximum atomic E-state index is 13.5. The van der Waals surface area contributed by atoms with Gasteiger partial charge >= 0.3 is 12.1 Å². The van der Waals surface area contributed by atoms with Gasteiger partial charge < -0.3 is 9.57 Å². The smallest absolute Gasteiger partial charge is 0.425 e. The van der Waals surface area contributed by atoms with Gasteiger partial charge in [0.05, 0.1) is 26.7 Å². The largest absolute Gasteiger partial charge is 0.435 e. The van der Waals surface area contributed by atoms with Crippen LogP contribution in [0, 0.1) is 12.3 Å². The Balaban J connectivity index is 1.27. The van der Waals surface area contributed by atoms with Gasteiger partial charge in [-0.3, -0.25) is 9.59 Å². The van der Waals surface area contributed by atoms with Crippen LogP contribution in [0.2, 0.25) is 0 Å². The number of nitrogens with one attached hydrogen (secondary N) is 1. The predicted molar refractivity (Wildman–Crippen MR) is 152 cm³/mol. The fraction of sp³-hybridized carbons (Fsp3) is 0.393. The van der Waals surface area contributed by atoms with E-state index in [1.807, 2.05) is 6.92 Å². The molecule has 0 spiro atoms. The third kappa shape index (κ3) is 7.02. The lowest BCUT2D eigenvalue weighted by atomic mass is 9.98. The molecule has 1 atom stereocenters. The van der Waals surface area contributed by atoms with Crippen LogP contribution >= 0.6 is 0 Å². The van der Waals surface area contributed by atoms with Gasteiger partial charge in [-0.2, -0.15) is 22.9 Å². The van der Waals surface area contributed by atoms with Crippen molar-refractivity contribution in [3.8, 4) is 16.9 Å². The van der Waals surface area contributed by atoms with E-state index < -0.39 is 52.0 Å². The minimum Gasteiger partial charge on any atom is -0.425 e. The number of rotatable bonds is 9. The molecule has 1 saturated heterocycles. The second-order valence-electron chi connectivity index (χ2n) is 11.5. The molecule has 1 aliphatic rings. The summed E-state index contributed by atoms with van der Waals surface area (Å²) in [5.41, 5.74) is -0.0834. The number of amides is 1. The summed E-state index contributed by atoms with van der Waals surface area (Å²) in [5.74, 6) is -1.32. The van der Waals surface area contributed by atoms with Gasteiger partial charge in [0, 0.05) is 12.1 Å². The molecule has 3 heterocycles. The first-order valence-electron chi connectivity index (χ1n) is 13.8. The molecule has 1 N–H and O–H groups in total. The van der Waals surface area contributed by atoms with Crippen LogP contribution in [-0.4, -0.2) is 59.4 Å². The lowest BCUT2D eigenvalue weighted by Gasteiger charge is -2.19. The molecule has 0 radical (unpaired) electrons. The molecule has 45 heavy (non-hydrogen) atoms. The van der Waals surface area contributed by atoms with E-state index in [1.54, 1.807) is 45.0 Å². The Kier molecular flexibility index (Phi) is 8.24. The molecule has 0 aliphatic carbocycles. The number of esters is 1. The molecule has 0 bridgehead atoms. The number of aromatic nitrogens is 4. The van der Waals surface area contributed by atoms with Crippen LogP contribution in [-0.2, 0) is 30.5 Å². The number of carbonyl (C=O) groups is 2. The Hall–Kier alpha value is -4.67. The predicted octanol–water partition coefficient (Wildman–Crippen LogP) is 3.64. The van der Waals surface area contributed by atoms with Crippen molar-refractivity contribution < 1.29 is 45.4 Å². The summed E-state index contributed by atoms with van der Waals surface area (Å²) in [4.78, 5) is 30.9. The number of alkyl halides is 3. The van der Waals surface area contributed by atoms with Gasteiger partial charge in [-0.1, -0.05) is 29.8 Å². The number of halogens is 3. The van der Waals surface area contributed by atoms with E-state index in [0.717, 1.165) is 26.3 Å². The second kappa shape index (κ2) is 11.7. The quantitative estimate of drug-likeness (QED) is 0.212. The standard InChI is InChI=1S/C28H31F3N6O7S/c1-18-7-9-19(10-8-18)23-16-24(28(29,30)31)32-35(23)20-11-13-21(14-12-20)45(40,41)33-25(38)22-6-5-15-34(22)36-37(44-36)43-17-42-26(39)27(2,3)4/h7-14,16,22H,5-6,15,17H2,1-4H3,(H,33,38). The summed E-state index contributed by atoms with van der Waals surface area (Å²) >= 11 is 0. The summed E-state index contributed by atoms with van der Waals surface area (Å²) in [7, 11) is -4.36. The van der Waals surface area contributed by atoms with Crippen molar-refractivity contribution in [2.45, 2.75) is 57.7 Å². The molecule has 13 nitrogen and oxygen atoms in total. The van der Waals surface area contributed by atoms with Crippen molar-refractivity contribution in [3.63, 3.8) is 0 Å². The maximum absolute atomic E-state index is 13.5. The SMILES string of the molecule is Cc1ccc(-c2cc(C(F)(F)F)nn2-c2ccc(S(=O)(=O)NC(=O)C3CCCN3n3on3OCOC(=O)C(C)(C)C)cc2)cc1. The highest BCUT2D eigenvalue weighted by Crippen LogP contribution is 2.33. The first kappa shape index (κ1) is 31.7. The lowest BCUT2D eigenvalue weighted by Crippen LogP contribution is -2.49. The van der Waals surface area contributed by atoms with Crippen molar-refractivity contribution >= 4 is 21.9 Å². The minimum absolute atomic E-state index is 0.162. The monoisotopic (exact) mass is 652 g/mol. The van der Waals surface area contributed by atoms with E-state index >= 15 is 0 Å². The van der Waals surface area contributed by atoms with Gasteiger partial charge in [-0.25, -0.2) is 22.8 Å². The zero-order valence-electron chi connectivity index (χ0n) is 24.7. The zero-order valence-corrected chi connectivity index (χ0v) is 25.6. The number of benzene rings is 2. The Morgan fingerprint density at radius 3 is 2.36 bits per heavy atom. The molecular weight excluding hydrogens is 621 g/mol. The number of nitrogens with zero attached hydrogens (tertiary/aromatic N) is 5. The summed E-state index contributed by atoms with van der Waals surface area (Å²) in [6.07, 6.45) is -3.83. The van der Waals surface area contributed by atoms with Crippen molar-refractivity contribution in [2.24, 2.45) is 5.41 Å². The van der Waals surface area contributed by atoms with Gasteiger partial charge in [0.2, 0.25) is 0 Å². The average Bonchev–Trinajstić information content (AvgIpc) is 3.34. The Labute approximate surface area is 255 Å². The fourth-order valence-electron chi connectivity index (χ4n) is 4.50. The highest BCUT2D eigenvalue weighted by atomic mass is 32.2. The van der Waals surface area contributed by atoms with E-state index in [2.05, 4.69) is 9.82 Å². The highest BCUT2D eigenvalue weighted by molar-refractivity contribution is 7.90. The molecule has 1 unspecified atom stereocenters. The van der Waals surface area contributed by atoms with E-state index in [0.29, 0.717) is 24.9 Å². The number of aryl methyl sites for hydroxylation is 1. The molecule has 1 fully saturated rings. The number of carbonyl (C=O) groups excluding carboxylic acids is 2. The Bertz CT molecular complexity index is 1780. The van der Waals surface area contributed by atoms with Gasteiger partial charge in [0.1, 0.15) is 11.1 Å². The zero-order chi connectivity index (χ0) is 32.7. The molecule has 1 aliphatic heterocycles. The molecular formula is C28H31F3N6O7S. The minimum atomic E-state index is -4.70. The maximum Gasteiger partial charge on any atom is 0.435 e. The van der Waals surface area contributed by atoms with E-state index in [-0.39, 0.29) is 16.3 Å². The molecule has 242 valence electrons. The van der Waals surface area contributed by atoms with Crippen LogP contribution in [0.15, 0.2) is 64.1 Å². The van der Waals surface area contributed by atoms with E-state index in [1.165, 1.54) is 29.3 Å². The third-order valence-corrected chi connectivity index (χ3v) is 8.31. The number of hydrogen-bond acceptors (Lipinski definition) is 9. The fourth-order valence-corrected chi connectivity index (χ4v) is 5.51. The van der Waals surface area contributed by atoms with Crippen LogP contribution in [0.3, 0.4) is 0 Å². The first-order valence-corrected chi connectivity index (χ1v) is 15.3. The Morgan fingerprint density at radius 1 is 1.07 bits per heavy atom. The third-order valence-electron chi connectivity index (χ3n) is 6.94. The molecule has 5 rings (SSSR count). The molecule has 17 heteroatoms.